The molecule has 0 unspecified atom stereocenters. The number of hydrogen-bond donors (Lipinski definition) is 1. The molecule has 0 radical (unpaired) electrons. The van der Waals surface area contributed by atoms with Gasteiger partial charge in [0.2, 0.25) is 5.91 Å². The standard InChI is InChI=1S/C27H32N2O2S/c30-25-22-15-7-8-16-23(22)32-24-17-9-10-18-27(24,26(31)28-21-13-5-2-6-14-21)29(25)19-20-11-3-1-4-12-20/h1,3-4,7-8,11-12,15-16,21,24H,2,5-6,9-10,13-14,17-19H2,(H,28,31)/t24-,27-/m1/s1. The van der Waals surface area contributed by atoms with Crippen molar-refractivity contribution in [1.29, 1.82) is 0 Å². The van der Waals surface area contributed by atoms with E-state index in [0.717, 1.165) is 54.5 Å². The van der Waals surface area contributed by atoms with Crippen LogP contribution < -0.4 is 5.32 Å². The van der Waals surface area contributed by atoms with Crippen molar-refractivity contribution in [1.82, 2.24) is 10.2 Å². The lowest BCUT2D eigenvalue weighted by atomic mass is 9.77. The van der Waals surface area contributed by atoms with Crippen molar-refractivity contribution < 1.29 is 9.59 Å². The van der Waals surface area contributed by atoms with Crippen LogP contribution in [0.15, 0.2) is 59.5 Å². The van der Waals surface area contributed by atoms with Crippen molar-refractivity contribution >= 4 is 23.6 Å². The molecule has 2 amide bonds. The number of hydrogen-bond acceptors (Lipinski definition) is 3. The number of amides is 2. The van der Waals surface area contributed by atoms with Crippen molar-refractivity contribution in [2.75, 3.05) is 0 Å². The summed E-state index contributed by atoms with van der Waals surface area (Å²) in [5, 5.41) is 3.49. The molecular weight excluding hydrogens is 416 g/mol. The van der Waals surface area contributed by atoms with Gasteiger partial charge in [0.25, 0.3) is 5.91 Å². The highest BCUT2D eigenvalue weighted by molar-refractivity contribution is 8.00. The van der Waals surface area contributed by atoms with Gasteiger partial charge in [0.15, 0.2) is 0 Å². The SMILES string of the molecule is O=C1c2ccccc2S[C@@H]2CCCC[C@@]2(C(=O)NC2CCCCC2)N1Cc1ccccc1. The second-order valence-corrected chi connectivity index (χ2v) is 10.7. The maximum atomic E-state index is 14.2. The van der Waals surface area contributed by atoms with Crippen LogP contribution in [-0.2, 0) is 11.3 Å². The van der Waals surface area contributed by atoms with Gasteiger partial charge in [-0.1, -0.05) is 74.6 Å². The van der Waals surface area contributed by atoms with Crippen LogP contribution in [0.4, 0.5) is 0 Å². The highest BCUT2D eigenvalue weighted by Gasteiger charge is 2.55. The van der Waals surface area contributed by atoms with Crippen molar-refractivity contribution in [3.05, 3.63) is 65.7 Å². The Balaban J connectivity index is 1.58. The predicted molar refractivity (Wildman–Crippen MR) is 129 cm³/mol. The number of rotatable bonds is 4. The summed E-state index contributed by atoms with van der Waals surface area (Å²) < 4.78 is 0. The largest absolute Gasteiger partial charge is 0.351 e. The molecule has 2 aromatic rings. The Morgan fingerprint density at radius 1 is 0.938 bits per heavy atom. The van der Waals surface area contributed by atoms with Crippen molar-refractivity contribution in [2.24, 2.45) is 0 Å². The fourth-order valence-corrected chi connectivity index (χ4v) is 7.31. The molecule has 3 aliphatic rings. The summed E-state index contributed by atoms with van der Waals surface area (Å²) in [7, 11) is 0. The Morgan fingerprint density at radius 2 is 1.66 bits per heavy atom. The number of nitrogens with zero attached hydrogens (tertiary/aromatic N) is 1. The van der Waals surface area contributed by atoms with E-state index in [9.17, 15) is 9.59 Å². The van der Waals surface area contributed by atoms with E-state index < -0.39 is 5.54 Å². The minimum Gasteiger partial charge on any atom is -0.351 e. The first-order valence-corrected chi connectivity index (χ1v) is 13.0. The van der Waals surface area contributed by atoms with Gasteiger partial charge in [-0.3, -0.25) is 9.59 Å². The predicted octanol–water partition coefficient (Wildman–Crippen LogP) is 5.57. The molecule has 4 nitrogen and oxygen atoms in total. The van der Waals surface area contributed by atoms with E-state index in [2.05, 4.69) is 17.4 Å². The number of thioether (sulfide) groups is 1. The summed E-state index contributed by atoms with van der Waals surface area (Å²) in [5.74, 6) is 0.0545. The molecule has 2 aromatic carbocycles. The van der Waals surface area contributed by atoms with Crippen LogP contribution >= 0.6 is 11.8 Å². The van der Waals surface area contributed by atoms with Gasteiger partial charge >= 0.3 is 0 Å². The average molecular weight is 449 g/mol. The van der Waals surface area contributed by atoms with Gasteiger partial charge in [0.05, 0.1) is 5.56 Å². The molecule has 2 fully saturated rings. The Morgan fingerprint density at radius 3 is 2.47 bits per heavy atom. The van der Waals surface area contributed by atoms with Gasteiger partial charge in [-0.2, -0.15) is 0 Å². The topological polar surface area (TPSA) is 49.4 Å². The zero-order valence-electron chi connectivity index (χ0n) is 18.6. The highest BCUT2D eigenvalue weighted by atomic mass is 32.2. The molecule has 2 aliphatic carbocycles. The fourth-order valence-electron chi connectivity index (χ4n) is 5.73. The van der Waals surface area contributed by atoms with Gasteiger partial charge in [0, 0.05) is 22.7 Å². The van der Waals surface area contributed by atoms with Crippen molar-refractivity contribution in [2.45, 2.75) is 86.1 Å². The molecule has 0 aromatic heterocycles. The molecule has 1 N–H and O–H groups in total. The third-order valence-corrected chi connectivity index (χ3v) is 8.96. The summed E-state index contributed by atoms with van der Waals surface area (Å²) >= 11 is 1.75. The molecular formula is C27H32N2O2S. The number of fused-ring (bicyclic) bond motifs is 2. The molecule has 0 bridgehead atoms. The normalized spacial score (nSPS) is 26.1. The van der Waals surface area contributed by atoms with E-state index in [1.807, 2.05) is 47.4 Å². The molecule has 0 spiro atoms. The Kier molecular flexibility index (Phi) is 6.27. The molecule has 168 valence electrons. The third kappa shape index (κ3) is 3.96. The Hall–Kier alpha value is -2.27. The van der Waals surface area contributed by atoms with Crippen LogP contribution in [0.25, 0.3) is 0 Å². The van der Waals surface area contributed by atoms with Crippen molar-refractivity contribution in [3.63, 3.8) is 0 Å². The molecule has 1 heterocycles. The maximum absolute atomic E-state index is 14.2. The number of nitrogens with one attached hydrogen (secondary N) is 1. The molecule has 5 heteroatoms. The highest BCUT2D eigenvalue weighted by Crippen LogP contribution is 2.48. The van der Waals surface area contributed by atoms with Crippen molar-refractivity contribution in [3.8, 4) is 0 Å². The lowest BCUT2D eigenvalue weighted by molar-refractivity contribution is -0.135. The average Bonchev–Trinajstić information content (AvgIpc) is 2.94. The first-order chi connectivity index (χ1) is 15.7. The molecule has 1 aliphatic heterocycles. The van der Waals surface area contributed by atoms with Crippen LogP contribution in [0, 0.1) is 0 Å². The van der Waals surface area contributed by atoms with Gasteiger partial charge in [0.1, 0.15) is 5.54 Å². The smallest absolute Gasteiger partial charge is 0.256 e. The second kappa shape index (κ2) is 9.30. The van der Waals surface area contributed by atoms with E-state index in [0.29, 0.717) is 6.54 Å². The van der Waals surface area contributed by atoms with Crippen LogP contribution in [0.3, 0.4) is 0 Å². The second-order valence-electron chi connectivity index (χ2n) is 9.46. The lowest BCUT2D eigenvalue weighted by Gasteiger charge is -2.49. The van der Waals surface area contributed by atoms with Crippen LogP contribution in [0.2, 0.25) is 0 Å². The minimum absolute atomic E-state index is 0.0138. The summed E-state index contributed by atoms with van der Waals surface area (Å²) in [6.07, 6.45) is 9.46. The summed E-state index contributed by atoms with van der Waals surface area (Å²) in [4.78, 5) is 31.1. The van der Waals surface area contributed by atoms with E-state index in [-0.39, 0.29) is 23.1 Å². The zero-order chi connectivity index (χ0) is 22.0. The molecule has 2 saturated carbocycles. The first kappa shape index (κ1) is 21.6. The summed E-state index contributed by atoms with van der Waals surface area (Å²) in [6.45, 7) is 0.461. The van der Waals surface area contributed by atoms with Gasteiger partial charge in [-0.05, 0) is 43.4 Å². The van der Waals surface area contributed by atoms with Crippen LogP contribution in [-0.4, -0.2) is 33.5 Å². The minimum atomic E-state index is -0.813. The van der Waals surface area contributed by atoms with Crippen LogP contribution in [0.1, 0.15) is 73.7 Å². The monoisotopic (exact) mass is 448 g/mol. The molecule has 32 heavy (non-hydrogen) atoms. The van der Waals surface area contributed by atoms with Gasteiger partial charge < -0.3 is 10.2 Å². The third-order valence-electron chi connectivity index (χ3n) is 7.44. The quantitative estimate of drug-likeness (QED) is 0.666. The Labute approximate surface area is 195 Å². The van der Waals surface area contributed by atoms with Gasteiger partial charge in [-0.25, -0.2) is 0 Å². The number of carbonyl (C=O) groups is 2. The van der Waals surface area contributed by atoms with E-state index in [1.165, 1.54) is 19.3 Å². The summed E-state index contributed by atoms with van der Waals surface area (Å²) in [5.41, 5.74) is 0.985. The van der Waals surface area contributed by atoms with E-state index >= 15 is 0 Å². The Bertz CT molecular complexity index is 973. The number of carbonyl (C=O) groups excluding carboxylic acids is 2. The van der Waals surface area contributed by atoms with Crippen LogP contribution in [0.5, 0.6) is 0 Å². The summed E-state index contributed by atoms with van der Waals surface area (Å²) in [6, 6.07) is 18.3. The van der Waals surface area contributed by atoms with E-state index in [4.69, 9.17) is 0 Å². The first-order valence-electron chi connectivity index (χ1n) is 12.1. The number of benzene rings is 2. The van der Waals surface area contributed by atoms with E-state index in [1.54, 1.807) is 11.8 Å². The maximum Gasteiger partial charge on any atom is 0.256 e. The molecule has 2 atom stereocenters. The fraction of sp³-hybridized carbons (Fsp3) is 0.481. The molecule has 5 rings (SSSR count). The lowest BCUT2D eigenvalue weighted by Crippen LogP contribution is -2.67. The zero-order valence-corrected chi connectivity index (χ0v) is 19.4. The van der Waals surface area contributed by atoms with Gasteiger partial charge in [-0.15, -0.1) is 11.8 Å². The molecule has 0 saturated heterocycles.